The van der Waals surface area contributed by atoms with Crippen molar-refractivity contribution in [3.63, 3.8) is 0 Å². The molecule has 5 nitrogen and oxygen atoms in total. The number of ether oxygens (including phenoxy) is 1. The molecule has 0 amide bonds. The monoisotopic (exact) mass is 270 g/mol. The van der Waals surface area contributed by atoms with Crippen molar-refractivity contribution in [2.75, 3.05) is 0 Å². The van der Waals surface area contributed by atoms with Crippen molar-refractivity contribution in [3.05, 3.63) is 47.4 Å². The number of fused-ring (bicyclic) bond motifs is 1. The van der Waals surface area contributed by atoms with Crippen LogP contribution in [0.2, 0.25) is 0 Å². The lowest BCUT2D eigenvalue weighted by Crippen LogP contribution is -2.06. The second kappa shape index (κ2) is 5.28. The average Bonchev–Trinajstić information content (AvgIpc) is 2.47. The molecule has 5 heteroatoms. The number of benzene rings is 1. The van der Waals surface area contributed by atoms with Gasteiger partial charge in [0.05, 0.1) is 0 Å². The Balaban J connectivity index is 1.90. The molecule has 0 saturated heterocycles. The van der Waals surface area contributed by atoms with Crippen LogP contribution in [0.1, 0.15) is 34.5 Å². The van der Waals surface area contributed by atoms with E-state index in [1.54, 1.807) is 0 Å². The van der Waals surface area contributed by atoms with E-state index in [9.17, 15) is 4.79 Å². The summed E-state index contributed by atoms with van der Waals surface area (Å²) in [6.07, 6.45) is 7.30. The summed E-state index contributed by atoms with van der Waals surface area (Å²) in [6, 6.07) is 5.86. The lowest BCUT2D eigenvalue weighted by Gasteiger charge is -2.16. The molecule has 102 valence electrons. The Kier molecular flexibility index (Phi) is 3.33. The largest absolute Gasteiger partial charge is 0.476 e. The van der Waals surface area contributed by atoms with Crippen LogP contribution >= 0.6 is 0 Å². The summed E-state index contributed by atoms with van der Waals surface area (Å²) in [5.74, 6) is -0.518. The van der Waals surface area contributed by atoms with Crippen LogP contribution in [-0.2, 0) is 12.8 Å². The highest BCUT2D eigenvalue weighted by Gasteiger charge is 2.16. The SMILES string of the molecule is O=C(O)c1nccnc1Oc1ccc2c(c1)CCCC2. The Labute approximate surface area is 116 Å². The molecule has 0 bridgehead atoms. The molecule has 1 heterocycles. The third kappa shape index (κ3) is 2.47. The molecular weight excluding hydrogens is 256 g/mol. The lowest BCUT2D eigenvalue weighted by molar-refractivity contribution is 0.0686. The highest BCUT2D eigenvalue weighted by Crippen LogP contribution is 2.28. The fraction of sp³-hybridized carbons (Fsp3) is 0.267. The van der Waals surface area contributed by atoms with Crippen LogP contribution < -0.4 is 4.74 Å². The van der Waals surface area contributed by atoms with Crippen molar-refractivity contribution in [1.29, 1.82) is 0 Å². The highest BCUT2D eigenvalue weighted by atomic mass is 16.5. The standard InChI is InChI=1S/C15H14N2O3/c18-15(19)13-14(17-8-7-16-13)20-12-6-5-10-3-1-2-4-11(10)9-12/h5-9H,1-4H2,(H,18,19). The molecule has 0 radical (unpaired) electrons. The molecule has 1 aliphatic carbocycles. The van der Waals surface area contributed by atoms with Gasteiger partial charge in [-0.1, -0.05) is 6.07 Å². The van der Waals surface area contributed by atoms with Gasteiger partial charge in [0.1, 0.15) is 5.75 Å². The number of carbonyl (C=O) groups is 1. The third-order valence-electron chi connectivity index (χ3n) is 3.40. The normalized spacial score (nSPS) is 13.6. The zero-order chi connectivity index (χ0) is 13.9. The molecule has 1 aliphatic rings. The summed E-state index contributed by atoms with van der Waals surface area (Å²) < 4.78 is 5.58. The Bertz CT molecular complexity index is 655. The first-order valence-electron chi connectivity index (χ1n) is 6.58. The van der Waals surface area contributed by atoms with Crippen molar-refractivity contribution in [3.8, 4) is 11.6 Å². The fourth-order valence-corrected chi connectivity index (χ4v) is 2.43. The number of aryl methyl sites for hydroxylation is 2. The van der Waals surface area contributed by atoms with Crippen LogP contribution in [-0.4, -0.2) is 21.0 Å². The van der Waals surface area contributed by atoms with Crippen LogP contribution in [0.25, 0.3) is 0 Å². The van der Waals surface area contributed by atoms with E-state index in [4.69, 9.17) is 9.84 Å². The zero-order valence-electron chi connectivity index (χ0n) is 10.9. The second-order valence-corrected chi connectivity index (χ2v) is 4.75. The van der Waals surface area contributed by atoms with E-state index in [2.05, 4.69) is 9.97 Å². The number of carboxylic acids is 1. The number of hydrogen-bond acceptors (Lipinski definition) is 4. The van der Waals surface area contributed by atoms with Crippen molar-refractivity contribution in [2.45, 2.75) is 25.7 Å². The topological polar surface area (TPSA) is 72.3 Å². The molecular formula is C15H14N2O3. The molecule has 1 aromatic heterocycles. The van der Waals surface area contributed by atoms with Gasteiger partial charge in [-0.3, -0.25) is 0 Å². The van der Waals surface area contributed by atoms with Gasteiger partial charge in [-0.05, 0) is 48.9 Å². The van der Waals surface area contributed by atoms with E-state index in [0.29, 0.717) is 5.75 Å². The van der Waals surface area contributed by atoms with E-state index < -0.39 is 5.97 Å². The fourth-order valence-electron chi connectivity index (χ4n) is 2.43. The maximum absolute atomic E-state index is 11.1. The Morgan fingerprint density at radius 2 is 1.85 bits per heavy atom. The van der Waals surface area contributed by atoms with Crippen LogP contribution in [0.15, 0.2) is 30.6 Å². The number of nitrogens with zero attached hydrogens (tertiary/aromatic N) is 2. The summed E-state index contributed by atoms with van der Waals surface area (Å²) in [4.78, 5) is 18.8. The minimum Gasteiger partial charge on any atom is -0.476 e. The van der Waals surface area contributed by atoms with Crippen molar-refractivity contribution < 1.29 is 14.6 Å². The summed E-state index contributed by atoms with van der Waals surface area (Å²) >= 11 is 0. The maximum atomic E-state index is 11.1. The van der Waals surface area contributed by atoms with Gasteiger partial charge in [0, 0.05) is 12.4 Å². The number of rotatable bonds is 3. The number of hydrogen-bond donors (Lipinski definition) is 1. The van der Waals surface area contributed by atoms with Crippen LogP contribution in [0, 0.1) is 0 Å². The van der Waals surface area contributed by atoms with E-state index in [1.807, 2.05) is 18.2 Å². The molecule has 0 atom stereocenters. The minimum atomic E-state index is -1.15. The minimum absolute atomic E-state index is 0.0239. The van der Waals surface area contributed by atoms with Crippen molar-refractivity contribution in [2.24, 2.45) is 0 Å². The van der Waals surface area contributed by atoms with E-state index in [0.717, 1.165) is 12.8 Å². The predicted octanol–water partition coefficient (Wildman–Crippen LogP) is 2.85. The van der Waals surface area contributed by atoms with Gasteiger partial charge in [0.25, 0.3) is 5.88 Å². The first kappa shape index (κ1) is 12.6. The average molecular weight is 270 g/mol. The maximum Gasteiger partial charge on any atom is 0.360 e. The molecule has 3 rings (SSSR count). The Morgan fingerprint density at radius 1 is 1.10 bits per heavy atom. The molecule has 0 unspecified atom stereocenters. The number of aromatic nitrogens is 2. The number of aromatic carboxylic acids is 1. The first-order chi connectivity index (χ1) is 9.74. The summed E-state index contributed by atoms with van der Waals surface area (Å²) in [5.41, 5.74) is 2.45. The zero-order valence-corrected chi connectivity index (χ0v) is 10.9. The van der Waals surface area contributed by atoms with Gasteiger partial charge >= 0.3 is 5.97 Å². The molecule has 0 spiro atoms. The smallest absolute Gasteiger partial charge is 0.360 e. The van der Waals surface area contributed by atoms with Gasteiger partial charge in [-0.2, -0.15) is 0 Å². The third-order valence-corrected chi connectivity index (χ3v) is 3.40. The predicted molar refractivity (Wildman–Crippen MR) is 72.1 cm³/mol. The van der Waals surface area contributed by atoms with Crippen molar-refractivity contribution >= 4 is 5.97 Å². The molecule has 1 N–H and O–H groups in total. The van der Waals surface area contributed by atoms with Gasteiger partial charge in [0.15, 0.2) is 0 Å². The summed E-state index contributed by atoms with van der Waals surface area (Å²) in [6.45, 7) is 0. The van der Waals surface area contributed by atoms with Gasteiger partial charge in [-0.15, -0.1) is 0 Å². The lowest BCUT2D eigenvalue weighted by atomic mass is 9.92. The molecule has 0 aliphatic heterocycles. The molecule has 2 aromatic rings. The van der Waals surface area contributed by atoms with E-state index >= 15 is 0 Å². The molecule has 1 aromatic carbocycles. The molecule has 20 heavy (non-hydrogen) atoms. The highest BCUT2D eigenvalue weighted by molar-refractivity contribution is 5.87. The molecule has 0 saturated carbocycles. The van der Waals surface area contributed by atoms with Crippen LogP contribution in [0.5, 0.6) is 11.6 Å². The summed E-state index contributed by atoms with van der Waals surface area (Å²) in [5, 5.41) is 9.05. The van der Waals surface area contributed by atoms with Crippen LogP contribution in [0.4, 0.5) is 0 Å². The van der Waals surface area contributed by atoms with E-state index in [1.165, 1.54) is 36.4 Å². The van der Waals surface area contributed by atoms with E-state index in [-0.39, 0.29) is 11.6 Å². The van der Waals surface area contributed by atoms with Gasteiger partial charge < -0.3 is 9.84 Å². The van der Waals surface area contributed by atoms with Crippen LogP contribution in [0.3, 0.4) is 0 Å². The quantitative estimate of drug-likeness (QED) is 0.928. The molecule has 0 fully saturated rings. The first-order valence-corrected chi connectivity index (χ1v) is 6.58. The number of carboxylic acid groups (broad SMARTS) is 1. The Morgan fingerprint density at radius 3 is 2.65 bits per heavy atom. The summed E-state index contributed by atoms with van der Waals surface area (Å²) in [7, 11) is 0. The van der Waals surface area contributed by atoms with Gasteiger partial charge in [0.2, 0.25) is 5.69 Å². The Hall–Kier alpha value is -2.43. The van der Waals surface area contributed by atoms with Gasteiger partial charge in [-0.25, -0.2) is 14.8 Å². The van der Waals surface area contributed by atoms with Crippen molar-refractivity contribution in [1.82, 2.24) is 9.97 Å². The second-order valence-electron chi connectivity index (χ2n) is 4.75.